The molecule has 0 spiro atoms. The van der Waals surface area contributed by atoms with Gasteiger partial charge >= 0.3 is 6.16 Å². The van der Waals surface area contributed by atoms with Crippen molar-refractivity contribution in [1.29, 1.82) is 0 Å². The molecule has 0 saturated heterocycles. The number of nitrogens with one attached hydrogen (secondary N) is 1. The van der Waals surface area contributed by atoms with Crippen molar-refractivity contribution in [2.45, 2.75) is 13.0 Å². The summed E-state index contributed by atoms with van der Waals surface area (Å²) in [6, 6.07) is 16.5. The highest BCUT2D eigenvalue weighted by molar-refractivity contribution is 6.18. The number of hydrogen-bond donors (Lipinski definition) is 1. The van der Waals surface area contributed by atoms with Gasteiger partial charge < -0.3 is 14.8 Å². The summed E-state index contributed by atoms with van der Waals surface area (Å²) in [6.45, 7) is 1.74. The fourth-order valence-electron chi connectivity index (χ4n) is 3.11. The van der Waals surface area contributed by atoms with Crippen LogP contribution in [0, 0.1) is 11.6 Å². The molecule has 0 aromatic heterocycles. The van der Waals surface area contributed by atoms with Gasteiger partial charge in [0.15, 0.2) is 0 Å². The van der Waals surface area contributed by atoms with E-state index in [1.165, 1.54) is 0 Å². The van der Waals surface area contributed by atoms with E-state index < -0.39 is 35.3 Å². The lowest BCUT2D eigenvalue weighted by atomic mass is 9.98. The average Bonchev–Trinajstić information content (AvgIpc) is 2.78. The van der Waals surface area contributed by atoms with Crippen molar-refractivity contribution >= 4 is 23.7 Å². The van der Waals surface area contributed by atoms with Gasteiger partial charge in [0.1, 0.15) is 22.9 Å². The molecule has 0 radical (unpaired) electrons. The first-order chi connectivity index (χ1) is 15.4. The second-order valence-electron chi connectivity index (χ2n) is 6.68. The smallest absolute Gasteiger partial charge is 0.434 e. The molecule has 0 heterocycles. The summed E-state index contributed by atoms with van der Waals surface area (Å²) in [4.78, 5) is 24.5. The summed E-state index contributed by atoms with van der Waals surface area (Å²) >= 11 is 6.11. The van der Waals surface area contributed by atoms with E-state index in [9.17, 15) is 18.4 Å². The van der Waals surface area contributed by atoms with Crippen LogP contribution in [0.4, 0.5) is 13.6 Å². The van der Waals surface area contributed by atoms with E-state index in [4.69, 9.17) is 21.1 Å². The summed E-state index contributed by atoms with van der Waals surface area (Å²) in [7, 11) is 0. The highest BCUT2D eigenvalue weighted by Gasteiger charge is 2.24. The molecule has 0 aliphatic rings. The van der Waals surface area contributed by atoms with Gasteiger partial charge in [0.2, 0.25) is 0 Å². The van der Waals surface area contributed by atoms with Gasteiger partial charge in [0, 0.05) is 11.4 Å². The molecule has 0 fully saturated rings. The Labute approximate surface area is 188 Å². The van der Waals surface area contributed by atoms with Crippen LogP contribution in [-0.2, 0) is 4.74 Å². The molecule has 5 nitrogen and oxygen atoms in total. The molecule has 1 N–H and O–H groups in total. The molecule has 1 atom stereocenters. The highest BCUT2D eigenvalue weighted by Crippen LogP contribution is 2.32. The third kappa shape index (κ3) is 5.42. The lowest BCUT2D eigenvalue weighted by Crippen LogP contribution is -2.31. The number of halogens is 3. The summed E-state index contributed by atoms with van der Waals surface area (Å²) in [5.41, 5.74) is 1.25. The molecule has 3 aromatic carbocycles. The van der Waals surface area contributed by atoms with Crippen LogP contribution in [0.5, 0.6) is 5.75 Å². The molecule has 32 heavy (non-hydrogen) atoms. The summed E-state index contributed by atoms with van der Waals surface area (Å²) < 4.78 is 38.2. The second-order valence-corrected chi connectivity index (χ2v) is 6.99. The minimum absolute atomic E-state index is 0.100. The molecule has 0 aliphatic carbocycles. The number of benzene rings is 3. The third-order valence-electron chi connectivity index (χ3n) is 4.60. The Balaban J connectivity index is 2.00. The Morgan fingerprint density at radius 3 is 2.28 bits per heavy atom. The van der Waals surface area contributed by atoms with E-state index in [2.05, 4.69) is 5.32 Å². The number of hydrogen-bond acceptors (Lipinski definition) is 4. The Kier molecular flexibility index (Phi) is 7.78. The van der Waals surface area contributed by atoms with E-state index >= 15 is 0 Å². The first kappa shape index (κ1) is 23.2. The molecule has 0 aliphatic heterocycles. The number of rotatable bonds is 7. The summed E-state index contributed by atoms with van der Waals surface area (Å²) in [6.07, 6.45) is -0.930. The molecule has 0 saturated carbocycles. The van der Waals surface area contributed by atoms with Crippen molar-refractivity contribution in [2.75, 3.05) is 12.5 Å². The van der Waals surface area contributed by atoms with Gasteiger partial charge in [-0.25, -0.2) is 13.6 Å². The molecule has 8 heteroatoms. The zero-order chi connectivity index (χ0) is 23.1. The topological polar surface area (TPSA) is 64.6 Å². The number of carbonyl (C=O) groups excluding carboxylic acids is 2. The molecular weight excluding hydrogens is 440 g/mol. The zero-order valence-electron chi connectivity index (χ0n) is 17.1. The standard InChI is InChI=1S/C24H20ClF2NO4/c1-2-31-24(30)32-21-12-11-16(15-7-4-3-5-8-15)13-17(21)20(14-25)28-23(29)22-18(26)9-6-10-19(22)27/h3-13,20H,2,14H2,1H3,(H,28,29). The lowest BCUT2D eigenvalue weighted by molar-refractivity contribution is 0.0931. The van der Waals surface area contributed by atoms with E-state index in [1.54, 1.807) is 25.1 Å². The van der Waals surface area contributed by atoms with Crippen molar-refractivity contribution in [3.05, 3.63) is 89.5 Å². The fraction of sp³-hybridized carbons (Fsp3) is 0.167. The molecule has 3 aromatic rings. The maximum absolute atomic E-state index is 14.1. The largest absolute Gasteiger partial charge is 0.513 e. The van der Waals surface area contributed by atoms with Crippen molar-refractivity contribution in [3.63, 3.8) is 0 Å². The SMILES string of the molecule is CCOC(=O)Oc1ccc(-c2ccccc2)cc1C(CCl)NC(=O)c1c(F)cccc1F. The van der Waals surface area contributed by atoms with Gasteiger partial charge in [-0.1, -0.05) is 42.5 Å². The molecule has 1 amide bonds. The second kappa shape index (κ2) is 10.7. The predicted octanol–water partition coefficient (Wildman–Crippen LogP) is 5.88. The molecule has 3 rings (SSSR count). The third-order valence-corrected chi connectivity index (χ3v) is 4.91. The van der Waals surface area contributed by atoms with Gasteiger partial charge in [-0.15, -0.1) is 11.6 Å². The van der Waals surface area contributed by atoms with Crippen LogP contribution in [0.3, 0.4) is 0 Å². The van der Waals surface area contributed by atoms with Crippen molar-refractivity contribution < 1.29 is 27.8 Å². The van der Waals surface area contributed by atoms with Crippen LogP contribution >= 0.6 is 11.6 Å². The van der Waals surface area contributed by atoms with Gasteiger partial charge in [-0.2, -0.15) is 0 Å². The zero-order valence-corrected chi connectivity index (χ0v) is 17.9. The van der Waals surface area contributed by atoms with Crippen LogP contribution < -0.4 is 10.1 Å². The molecular formula is C24H20ClF2NO4. The fourth-order valence-corrected chi connectivity index (χ4v) is 3.35. The first-order valence-corrected chi connectivity index (χ1v) is 10.3. The van der Waals surface area contributed by atoms with E-state index in [0.717, 1.165) is 29.3 Å². The molecule has 166 valence electrons. The van der Waals surface area contributed by atoms with Crippen molar-refractivity contribution in [1.82, 2.24) is 5.32 Å². The van der Waals surface area contributed by atoms with Gasteiger partial charge in [0.25, 0.3) is 5.91 Å². The Hall–Kier alpha value is -3.45. The van der Waals surface area contributed by atoms with Crippen LogP contribution in [0.15, 0.2) is 66.7 Å². The summed E-state index contributed by atoms with van der Waals surface area (Å²) in [5, 5.41) is 2.52. The maximum Gasteiger partial charge on any atom is 0.513 e. The first-order valence-electron chi connectivity index (χ1n) is 9.79. The summed E-state index contributed by atoms with van der Waals surface area (Å²) in [5.74, 6) is -3.05. The monoisotopic (exact) mass is 459 g/mol. The minimum atomic E-state index is -1.00. The number of carbonyl (C=O) groups is 2. The Morgan fingerprint density at radius 2 is 1.66 bits per heavy atom. The van der Waals surface area contributed by atoms with Crippen LogP contribution in [-0.4, -0.2) is 24.5 Å². The molecule has 1 unspecified atom stereocenters. The Morgan fingerprint density at radius 1 is 0.969 bits per heavy atom. The van der Waals surface area contributed by atoms with Crippen LogP contribution in [0.1, 0.15) is 28.9 Å². The van der Waals surface area contributed by atoms with Gasteiger partial charge in [-0.05, 0) is 42.3 Å². The van der Waals surface area contributed by atoms with E-state index in [-0.39, 0.29) is 18.2 Å². The molecule has 0 bridgehead atoms. The lowest BCUT2D eigenvalue weighted by Gasteiger charge is -2.21. The van der Waals surface area contributed by atoms with E-state index in [1.807, 2.05) is 30.3 Å². The number of amides is 1. The number of ether oxygens (including phenoxy) is 2. The van der Waals surface area contributed by atoms with Gasteiger partial charge in [-0.3, -0.25) is 4.79 Å². The van der Waals surface area contributed by atoms with Gasteiger partial charge in [0.05, 0.1) is 12.6 Å². The maximum atomic E-state index is 14.1. The Bertz CT molecular complexity index is 1090. The van der Waals surface area contributed by atoms with Crippen molar-refractivity contribution in [2.24, 2.45) is 0 Å². The van der Waals surface area contributed by atoms with E-state index in [0.29, 0.717) is 5.56 Å². The van der Waals surface area contributed by atoms with Crippen LogP contribution in [0.2, 0.25) is 0 Å². The minimum Gasteiger partial charge on any atom is -0.434 e. The predicted molar refractivity (Wildman–Crippen MR) is 117 cm³/mol. The van der Waals surface area contributed by atoms with Crippen LogP contribution in [0.25, 0.3) is 11.1 Å². The van der Waals surface area contributed by atoms with Crippen molar-refractivity contribution in [3.8, 4) is 16.9 Å². The average molecular weight is 460 g/mol. The highest BCUT2D eigenvalue weighted by atomic mass is 35.5. The quantitative estimate of drug-likeness (QED) is 0.272. The number of alkyl halides is 1. The normalized spacial score (nSPS) is 11.5.